The van der Waals surface area contributed by atoms with Gasteiger partial charge < -0.3 is 10.2 Å². The predicted octanol–water partition coefficient (Wildman–Crippen LogP) is 4.65. The quantitative estimate of drug-likeness (QED) is 0.622. The monoisotopic (exact) mass is 436 g/mol. The standard InChI is InChI=1S/C22H26ClFN2O2S/c1-15(2)25-22(28)16(3)26(12-17-8-4-6-10-19(17)23)21(27)14-29-13-18-9-5-7-11-20(18)24/h4-11,15-16H,12-14H2,1-3H3,(H,25,28)/t16-/m1/s1. The van der Waals surface area contributed by atoms with E-state index in [4.69, 9.17) is 11.6 Å². The number of benzene rings is 2. The number of rotatable bonds is 9. The van der Waals surface area contributed by atoms with Crippen molar-refractivity contribution in [2.45, 2.75) is 45.2 Å². The van der Waals surface area contributed by atoms with Gasteiger partial charge in [-0.25, -0.2) is 4.39 Å². The molecule has 0 heterocycles. The zero-order valence-corrected chi connectivity index (χ0v) is 18.4. The lowest BCUT2D eigenvalue weighted by atomic mass is 10.1. The molecule has 0 aliphatic heterocycles. The lowest BCUT2D eigenvalue weighted by Gasteiger charge is -2.29. The van der Waals surface area contributed by atoms with E-state index in [9.17, 15) is 14.0 Å². The second-order valence-electron chi connectivity index (χ2n) is 7.04. The maximum absolute atomic E-state index is 13.8. The first-order chi connectivity index (χ1) is 13.8. The van der Waals surface area contributed by atoms with Gasteiger partial charge in [-0.05, 0) is 44.0 Å². The number of amides is 2. The summed E-state index contributed by atoms with van der Waals surface area (Å²) in [6, 6.07) is 13.1. The van der Waals surface area contributed by atoms with Crippen LogP contribution in [0.3, 0.4) is 0 Å². The van der Waals surface area contributed by atoms with Gasteiger partial charge in [-0.2, -0.15) is 0 Å². The van der Waals surface area contributed by atoms with Crippen LogP contribution >= 0.6 is 23.4 Å². The van der Waals surface area contributed by atoms with Crippen molar-refractivity contribution >= 4 is 35.2 Å². The molecule has 0 fully saturated rings. The number of nitrogens with zero attached hydrogens (tertiary/aromatic N) is 1. The summed E-state index contributed by atoms with van der Waals surface area (Å²) in [4.78, 5) is 27.0. The van der Waals surface area contributed by atoms with Crippen molar-refractivity contribution < 1.29 is 14.0 Å². The van der Waals surface area contributed by atoms with Gasteiger partial charge >= 0.3 is 0 Å². The van der Waals surface area contributed by atoms with E-state index in [0.29, 0.717) is 16.3 Å². The summed E-state index contributed by atoms with van der Waals surface area (Å²) >= 11 is 7.58. The van der Waals surface area contributed by atoms with E-state index in [-0.39, 0.29) is 36.0 Å². The van der Waals surface area contributed by atoms with Gasteiger partial charge in [0.1, 0.15) is 11.9 Å². The molecule has 156 valence electrons. The third kappa shape index (κ3) is 7.05. The van der Waals surface area contributed by atoms with Crippen molar-refractivity contribution in [3.63, 3.8) is 0 Å². The molecule has 2 rings (SSSR count). The molecule has 0 saturated heterocycles. The number of carbonyl (C=O) groups excluding carboxylic acids is 2. The second kappa shape index (κ2) is 11.2. The van der Waals surface area contributed by atoms with Crippen LogP contribution in [0.1, 0.15) is 31.9 Å². The van der Waals surface area contributed by atoms with Gasteiger partial charge in [0.2, 0.25) is 11.8 Å². The fourth-order valence-electron chi connectivity index (χ4n) is 2.74. The van der Waals surface area contributed by atoms with Gasteiger partial charge in [0.05, 0.1) is 5.75 Å². The van der Waals surface area contributed by atoms with Crippen LogP contribution < -0.4 is 5.32 Å². The van der Waals surface area contributed by atoms with E-state index in [1.54, 1.807) is 31.2 Å². The van der Waals surface area contributed by atoms with Crippen molar-refractivity contribution in [3.8, 4) is 0 Å². The number of halogens is 2. The third-order valence-corrected chi connectivity index (χ3v) is 5.67. The molecule has 0 aromatic heterocycles. The molecular formula is C22H26ClFN2O2S. The molecule has 1 atom stereocenters. The largest absolute Gasteiger partial charge is 0.352 e. The molecule has 0 spiro atoms. The Morgan fingerprint density at radius 1 is 1.07 bits per heavy atom. The minimum absolute atomic E-state index is 0.0300. The fraction of sp³-hybridized carbons (Fsp3) is 0.364. The highest BCUT2D eigenvalue weighted by Crippen LogP contribution is 2.21. The molecule has 29 heavy (non-hydrogen) atoms. The fourth-order valence-corrected chi connectivity index (χ4v) is 3.84. The van der Waals surface area contributed by atoms with Gasteiger partial charge in [-0.1, -0.05) is 48.0 Å². The molecule has 0 bridgehead atoms. The zero-order valence-electron chi connectivity index (χ0n) is 16.8. The van der Waals surface area contributed by atoms with Gasteiger partial charge in [-0.3, -0.25) is 9.59 Å². The topological polar surface area (TPSA) is 49.4 Å². The molecule has 0 radical (unpaired) electrons. The molecular weight excluding hydrogens is 411 g/mol. The number of nitrogens with one attached hydrogen (secondary N) is 1. The van der Waals surface area contributed by atoms with Crippen LogP contribution in [0.5, 0.6) is 0 Å². The molecule has 0 aliphatic rings. The molecule has 1 N–H and O–H groups in total. The summed E-state index contributed by atoms with van der Waals surface area (Å²) in [6.45, 7) is 5.67. The lowest BCUT2D eigenvalue weighted by molar-refractivity contribution is -0.138. The van der Waals surface area contributed by atoms with Crippen LogP contribution in [0, 0.1) is 5.82 Å². The number of thioether (sulfide) groups is 1. The zero-order chi connectivity index (χ0) is 21.4. The van der Waals surface area contributed by atoms with E-state index in [1.165, 1.54) is 22.7 Å². The van der Waals surface area contributed by atoms with E-state index >= 15 is 0 Å². The molecule has 2 aromatic rings. The Balaban J connectivity index is 2.10. The molecule has 4 nitrogen and oxygen atoms in total. The Labute approximate surface area is 180 Å². The Bertz CT molecular complexity index is 847. The van der Waals surface area contributed by atoms with E-state index in [1.807, 2.05) is 32.0 Å². The van der Waals surface area contributed by atoms with Gasteiger partial charge in [0.25, 0.3) is 0 Å². The van der Waals surface area contributed by atoms with Crippen LogP contribution in [0.25, 0.3) is 0 Å². The van der Waals surface area contributed by atoms with Crippen molar-refractivity contribution in [1.29, 1.82) is 0 Å². The Hall–Kier alpha value is -2.05. The normalized spacial score (nSPS) is 11.9. The highest BCUT2D eigenvalue weighted by atomic mass is 35.5. The predicted molar refractivity (Wildman–Crippen MR) is 117 cm³/mol. The Kier molecular flexibility index (Phi) is 8.99. The molecule has 0 unspecified atom stereocenters. The number of hydrogen-bond acceptors (Lipinski definition) is 3. The third-order valence-electron chi connectivity index (χ3n) is 4.34. The lowest BCUT2D eigenvalue weighted by Crippen LogP contribution is -2.49. The average molecular weight is 437 g/mol. The maximum atomic E-state index is 13.8. The second-order valence-corrected chi connectivity index (χ2v) is 8.43. The highest BCUT2D eigenvalue weighted by Gasteiger charge is 2.27. The summed E-state index contributed by atoms with van der Waals surface area (Å²) in [5, 5.41) is 3.39. The minimum Gasteiger partial charge on any atom is -0.352 e. The van der Waals surface area contributed by atoms with E-state index in [2.05, 4.69) is 5.32 Å². The average Bonchev–Trinajstić information content (AvgIpc) is 2.67. The molecule has 2 amide bonds. The molecule has 0 aliphatic carbocycles. The van der Waals surface area contributed by atoms with Crippen LogP contribution in [0.15, 0.2) is 48.5 Å². The minimum atomic E-state index is -0.657. The smallest absolute Gasteiger partial charge is 0.242 e. The van der Waals surface area contributed by atoms with Crippen LogP contribution in [0.4, 0.5) is 4.39 Å². The van der Waals surface area contributed by atoms with Gasteiger partial charge in [0, 0.05) is 23.4 Å². The van der Waals surface area contributed by atoms with E-state index < -0.39 is 6.04 Å². The first-order valence-electron chi connectivity index (χ1n) is 9.44. The van der Waals surface area contributed by atoms with Crippen molar-refractivity contribution in [2.75, 3.05) is 5.75 Å². The van der Waals surface area contributed by atoms with E-state index in [0.717, 1.165) is 5.56 Å². The van der Waals surface area contributed by atoms with Crippen LogP contribution in [0.2, 0.25) is 5.02 Å². The van der Waals surface area contributed by atoms with Gasteiger partial charge in [0.15, 0.2) is 0 Å². The SMILES string of the molecule is CC(C)NC(=O)[C@@H](C)N(Cc1ccccc1Cl)C(=O)CSCc1ccccc1F. The highest BCUT2D eigenvalue weighted by molar-refractivity contribution is 7.99. The first kappa shape index (κ1) is 23.2. The molecule has 7 heteroatoms. The van der Waals surface area contributed by atoms with Crippen LogP contribution in [-0.4, -0.2) is 34.6 Å². The maximum Gasteiger partial charge on any atom is 0.242 e. The number of hydrogen-bond donors (Lipinski definition) is 1. The Morgan fingerprint density at radius 3 is 2.31 bits per heavy atom. The summed E-state index contributed by atoms with van der Waals surface area (Å²) in [5.74, 6) is -0.189. The molecule has 0 saturated carbocycles. The first-order valence-corrected chi connectivity index (χ1v) is 11.0. The summed E-state index contributed by atoms with van der Waals surface area (Å²) < 4.78 is 13.8. The Morgan fingerprint density at radius 2 is 1.69 bits per heavy atom. The summed E-state index contributed by atoms with van der Waals surface area (Å²) in [5.41, 5.74) is 1.32. The summed E-state index contributed by atoms with van der Waals surface area (Å²) in [7, 11) is 0. The van der Waals surface area contributed by atoms with Crippen molar-refractivity contribution in [2.24, 2.45) is 0 Å². The van der Waals surface area contributed by atoms with Crippen LogP contribution in [-0.2, 0) is 21.9 Å². The number of carbonyl (C=O) groups is 2. The van der Waals surface area contributed by atoms with Gasteiger partial charge in [-0.15, -0.1) is 11.8 Å². The van der Waals surface area contributed by atoms with Crippen molar-refractivity contribution in [1.82, 2.24) is 10.2 Å². The van der Waals surface area contributed by atoms with Crippen molar-refractivity contribution in [3.05, 3.63) is 70.5 Å². The molecule has 2 aromatic carbocycles. The summed E-state index contributed by atoms with van der Waals surface area (Å²) in [6.07, 6.45) is 0.